The molecule has 2 rings (SSSR count). The Bertz CT molecular complexity index is 421. The summed E-state index contributed by atoms with van der Waals surface area (Å²) in [7, 11) is 0. The van der Waals surface area contributed by atoms with Crippen LogP contribution in [0.15, 0.2) is 18.2 Å². The third kappa shape index (κ3) is 5.41. The highest BCUT2D eigenvalue weighted by Crippen LogP contribution is 2.31. The van der Waals surface area contributed by atoms with E-state index in [2.05, 4.69) is 30.1 Å². The van der Waals surface area contributed by atoms with E-state index in [-0.39, 0.29) is 30.6 Å². The molecule has 1 aromatic rings. The molecule has 5 heteroatoms. The second-order valence-electron chi connectivity index (χ2n) is 5.89. The summed E-state index contributed by atoms with van der Waals surface area (Å²) in [5.41, 5.74) is 1.97. The third-order valence-electron chi connectivity index (χ3n) is 3.96. The van der Waals surface area contributed by atoms with Gasteiger partial charge in [0.1, 0.15) is 5.82 Å². The Morgan fingerprint density at radius 3 is 2.38 bits per heavy atom. The topological polar surface area (TPSA) is 15.3 Å². The lowest BCUT2D eigenvalue weighted by atomic mass is 9.92. The van der Waals surface area contributed by atoms with Crippen molar-refractivity contribution in [2.75, 3.05) is 26.2 Å². The molecule has 1 atom stereocenters. The highest BCUT2D eigenvalue weighted by atomic mass is 35.5. The van der Waals surface area contributed by atoms with Gasteiger partial charge in [0, 0.05) is 32.2 Å². The number of nitrogens with one attached hydrogen (secondary N) is 1. The fourth-order valence-electron chi connectivity index (χ4n) is 2.90. The zero-order chi connectivity index (χ0) is 13.8. The normalized spacial score (nSPS) is 17.0. The van der Waals surface area contributed by atoms with Gasteiger partial charge in [-0.25, -0.2) is 4.39 Å². The van der Waals surface area contributed by atoms with Crippen molar-refractivity contribution in [3.63, 3.8) is 0 Å². The molecule has 0 unspecified atom stereocenters. The van der Waals surface area contributed by atoms with Crippen molar-refractivity contribution in [1.82, 2.24) is 10.2 Å². The van der Waals surface area contributed by atoms with E-state index in [1.54, 1.807) is 6.07 Å². The number of benzene rings is 1. The van der Waals surface area contributed by atoms with Crippen molar-refractivity contribution in [2.45, 2.75) is 33.2 Å². The van der Waals surface area contributed by atoms with Gasteiger partial charge in [-0.05, 0) is 36.5 Å². The lowest BCUT2D eigenvalue weighted by Gasteiger charge is -2.37. The maximum Gasteiger partial charge on any atom is 0.126 e. The summed E-state index contributed by atoms with van der Waals surface area (Å²) in [6.45, 7) is 10.5. The van der Waals surface area contributed by atoms with Crippen LogP contribution in [0.2, 0.25) is 0 Å². The molecule has 1 aromatic carbocycles. The molecule has 0 aliphatic carbocycles. The fourth-order valence-corrected chi connectivity index (χ4v) is 2.90. The maximum atomic E-state index is 13.8. The van der Waals surface area contributed by atoms with Crippen LogP contribution in [0.3, 0.4) is 0 Å². The molecule has 0 saturated carbocycles. The van der Waals surface area contributed by atoms with Crippen molar-refractivity contribution in [3.8, 4) is 0 Å². The first-order valence-electron chi connectivity index (χ1n) is 7.29. The predicted octanol–water partition coefficient (Wildman–Crippen LogP) is 3.97. The third-order valence-corrected chi connectivity index (χ3v) is 3.96. The van der Waals surface area contributed by atoms with Gasteiger partial charge in [-0.2, -0.15) is 0 Å². The van der Waals surface area contributed by atoms with Crippen LogP contribution in [-0.2, 0) is 0 Å². The van der Waals surface area contributed by atoms with Crippen LogP contribution in [0.25, 0.3) is 0 Å². The van der Waals surface area contributed by atoms with Gasteiger partial charge in [-0.3, -0.25) is 4.90 Å². The van der Waals surface area contributed by atoms with Gasteiger partial charge in [-0.1, -0.05) is 26.0 Å². The minimum Gasteiger partial charge on any atom is -0.314 e. The first-order chi connectivity index (χ1) is 9.09. The zero-order valence-electron chi connectivity index (χ0n) is 13.1. The standard InChI is InChI=1S/C16H25FN2.2ClH/c1-12(2)11-16(19-9-7-18-8-10-19)14-5-4-6-15(17)13(14)3;;/h4-6,12,16,18H,7-11H2,1-3H3;2*1H/t16-;;/m0../s1. The average molecular weight is 337 g/mol. The average Bonchev–Trinajstić information content (AvgIpc) is 2.40. The van der Waals surface area contributed by atoms with Gasteiger partial charge in [0.05, 0.1) is 0 Å². The summed E-state index contributed by atoms with van der Waals surface area (Å²) < 4.78 is 13.8. The number of piperazine rings is 1. The van der Waals surface area contributed by atoms with Crippen LogP contribution in [0.4, 0.5) is 4.39 Å². The van der Waals surface area contributed by atoms with E-state index in [0.717, 1.165) is 43.7 Å². The summed E-state index contributed by atoms with van der Waals surface area (Å²) in [5.74, 6) is 0.531. The van der Waals surface area contributed by atoms with Crippen molar-refractivity contribution < 1.29 is 4.39 Å². The van der Waals surface area contributed by atoms with Gasteiger partial charge in [0.25, 0.3) is 0 Å². The van der Waals surface area contributed by atoms with E-state index in [0.29, 0.717) is 12.0 Å². The smallest absolute Gasteiger partial charge is 0.126 e. The number of hydrogen-bond acceptors (Lipinski definition) is 2. The highest BCUT2D eigenvalue weighted by Gasteiger charge is 2.24. The van der Waals surface area contributed by atoms with Crippen LogP contribution in [0, 0.1) is 18.7 Å². The first kappa shape index (κ1) is 20.6. The molecule has 1 saturated heterocycles. The zero-order valence-corrected chi connectivity index (χ0v) is 14.7. The SMILES string of the molecule is Cc1c(F)cccc1[C@H](CC(C)C)N1CCNCC1.Cl.Cl. The molecule has 1 aliphatic heterocycles. The predicted molar refractivity (Wildman–Crippen MR) is 92.3 cm³/mol. The molecule has 0 amide bonds. The molecular formula is C16H27Cl2FN2. The van der Waals surface area contributed by atoms with E-state index in [1.807, 2.05) is 13.0 Å². The molecule has 122 valence electrons. The summed E-state index contributed by atoms with van der Waals surface area (Å²) in [5, 5.41) is 3.38. The lowest BCUT2D eigenvalue weighted by molar-refractivity contribution is 0.153. The van der Waals surface area contributed by atoms with Crippen molar-refractivity contribution >= 4 is 24.8 Å². The Kier molecular flexibility index (Phi) is 9.46. The van der Waals surface area contributed by atoms with Crippen molar-refractivity contribution in [1.29, 1.82) is 0 Å². The Balaban J connectivity index is 0.00000200. The van der Waals surface area contributed by atoms with Crippen molar-refractivity contribution in [2.24, 2.45) is 5.92 Å². The molecule has 21 heavy (non-hydrogen) atoms. The lowest BCUT2D eigenvalue weighted by Crippen LogP contribution is -2.45. The number of nitrogens with zero attached hydrogens (tertiary/aromatic N) is 1. The number of rotatable bonds is 4. The second-order valence-corrected chi connectivity index (χ2v) is 5.89. The summed E-state index contributed by atoms with van der Waals surface area (Å²) in [6.07, 6.45) is 1.09. The molecule has 0 bridgehead atoms. The molecular weight excluding hydrogens is 310 g/mol. The van der Waals surface area contributed by atoms with E-state index >= 15 is 0 Å². The molecule has 2 nitrogen and oxygen atoms in total. The van der Waals surface area contributed by atoms with E-state index < -0.39 is 0 Å². The van der Waals surface area contributed by atoms with Crippen LogP contribution in [0.1, 0.15) is 37.4 Å². The Labute approximate surface area is 140 Å². The largest absolute Gasteiger partial charge is 0.314 e. The minimum atomic E-state index is -0.0820. The summed E-state index contributed by atoms with van der Waals surface area (Å²) in [4.78, 5) is 2.50. The van der Waals surface area contributed by atoms with Gasteiger partial charge in [-0.15, -0.1) is 24.8 Å². The number of halogens is 3. The van der Waals surface area contributed by atoms with Crippen LogP contribution < -0.4 is 5.32 Å². The summed E-state index contributed by atoms with van der Waals surface area (Å²) in [6, 6.07) is 5.83. The van der Waals surface area contributed by atoms with E-state index in [4.69, 9.17) is 0 Å². The fraction of sp³-hybridized carbons (Fsp3) is 0.625. The van der Waals surface area contributed by atoms with E-state index in [9.17, 15) is 4.39 Å². The molecule has 1 aliphatic rings. The molecule has 0 aromatic heterocycles. The van der Waals surface area contributed by atoms with Crippen LogP contribution >= 0.6 is 24.8 Å². The van der Waals surface area contributed by atoms with Crippen LogP contribution in [-0.4, -0.2) is 31.1 Å². The van der Waals surface area contributed by atoms with Gasteiger partial charge in [0.2, 0.25) is 0 Å². The monoisotopic (exact) mass is 336 g/mol. The highest BCUT2D eigenvalue weighted by molar-refractivity contribution is 5.85. The molecule has 1 heterocycles. The maximum absolute atomic E-state index is 13.8. The van der Waals surface area contributed by atoms with Gasteiger partial charge < -0.3 is 5.32 Å². The quantitative estimate of drug-likeness (QED) is 0.894. The van der Waals surface area contributed by atoms with Crippen molar-refractivity contribution in [3.05, 3.63) is 35.1 Å². The Morgan fingerprint density at radius 2 is 1.81 bits per heavy atom. The summed E-state index contributed by atoms with van der Waals surface area (Å²) >= 11 is 0. The Morgan fingerprint density at radius 1 is 1.19 bits per heavy atom. The first-order valence-corrected chi connectivity index (χ1v) is 7.29. The van der Waals surface area contributed by atoms with Gasteiger partial charge in [0.15, 0.2) is 0 Å². The molecule has 1 N–H and O–H groups in total. The van der Waals surface area contributed by atoms with Crippen LogP contribution in [0.5, 0.6) is 0 Å². The molecule has 0 spiro atoms. The molecule has 1 fully saturated rings. The van der Waals surface area contributed by atoms with Gasteiger partial charge >= 0.3 is 0 Å². The second kappa shape index (κ2) is 9.62. The van der Waals surface area contributed by atoms with E-state index in [1.165, 1.54) is 0 Å². The molecule has 0 radical (unpaired) electrons. The Hall–Kier alpha value is -0.350. The minimum absolute atomic E-state index is 0. The number of hydrogen-bond donors (Lipinski definition) is 1.